The summed E-state index contributed by atoms with van der Waals surface area (Å²) in [5.74, 6) is 6.18. The van der Waals surface area contributed by atoms with Gasteiger partial charge in [-0.15, -0.1) is 0 Å². The summed E-state index contributed by atoms with van der Waals surface area (Å²) in [5.41, 5.74) is 1.43. The maximum absolute atomic E-state index is 12.5. The third kappa shape index (κ3) is 5.37. The zero-order valence-electron chi connectivity index (χ0n) is 16.3. The van der Waals surface area contributed by atoms with E-state index in [1.165, 1.54) is 28.6 Å². The van der Waals surface area contributed by atoms with Crippen LogP contribution in [0.15, 0.2) is 53.4 Å². The minimum absolute atomic E-state index is 0.184. The summed E-state index contributed by atoms with van der Waals surface area (Å²) >= 11 is 0. The highest BCUT2D eigenvalue weighted by molar-refractivity contribution is 7.89. The third-order valence-corrected chi connectivity index (χ3v) is 6.59. The molecule has 1 amide bonds. The number of nitrogens with one attached hydrogen (secondary N) is 1. The summed E-state index contributed by atoms with van der Waals surface area (Å²) < 4.78 is 32.1. The topological polar surface area (TPSA) is 75.7 Å². The van der Waals surface area contributed by atoms with E-state index in [-0.39, 0.29) is 24.0 Å². The van der Waals surface area contributed by atoms with Crippen molar-refractivity contribution in [3.05, 3.63) is 59.7 Å². The van der Waals surface area contributed by atoms with Crippen molar-refractivity contribution < 1.29 is 17.9 Å². The lowest BCUT2D eigenvalue weighted by atomic mass is 10.2. The fraction of sp³-hybridized carbons (Fsp3) is 0.318. The van der Waals surface area contributed by atoms with Gasteiger partial charge in [0.05, 0.1) is 11.4 Å². The fourth-order valence-corrected chi connectivity index (χ4v) is 4.55. The first kappa shape index (κ1) is 20.9. The van der Waals surface area contributed by atoms with Gasteiger partial charge in [0.1, 0.15) is 12.4 Å². The highest BCUT2D eigenvalue weighted by Crippen LogP contribution is 2.21. The third-order valence-electron chi connectivity index (χ3n) is 4.68. The average Bonchev–Trinajstić information content (AvgIpc) is 3.27. The zero-order chi connectivity index (χ0) is 20.7. The minimum Gasteiger partial charge on any atom is -0.481 e. The number of ether oxygens (including phenoxy) is 1. The molecule has 7 heteroatoms. The number of para-hydroxylation sites is 1. The van der Waals surface area contributed by atoms with Gasteiger partial charge < -0.3 is 10.1 Å². The lowest BCUT2D eigenvalue weighted by molar-refractivity contribution is 0.0958. The first-order valence-corrected chi connectivity index (χ1v) is 10.9. The molecule has 3 rings (SSSR count). The van der Waals surface area contributed by atoms with Crippen molar-refractivity contribution in [1.29, 1.82) is 0 Å². The Morgan fingerprint density at radius 3 is 2.45 bits per heavy atom. The Morgan fingerprint density at radius 2 is 1.76 bits per heavy atom. The van der Waals surface area contributed by atoms with Crippen molar-refractivity contribution in [3.8, 4) is 17.6 Å². The summed E-state index contributed by atoms with van der Waals surface area (Å²) in [5, 5.41) is 2.69. The summed E-state index contributed by atoms with van der Waals surface area (Å²) in [6.45, 7) is 3.49. The fourth-order valence-electron chi connectivity index (χ4n) is 3.03. The molecule has 1 N–H and O–H groups in total. The van der Waals surface area contributed by atoms with Crippen molar-refractivity contribution in [1.82, 2.24) is 9.62 Å². The molecule has 0 saturated carbocycles. The SMILES string of the molecule is Cc1ccccc1OCC#CCNC(=O)c1ccc(S(=O)(=O)N2CCCC2)cc1. The number of amides is 1. The van der Waals surface area contributed by atoms with E-state index >= 15 is 0 Å². The molecule has 0 bridgehead atoms. The summed E-state index contributed by atoms with van der Waals surface area (Å²) in [6, 6.07) is 13.7. The van der Waals surface area contributed by atoms with Gasteiger partial charge >= 0.3 is 0 Å². The number of nitrogens with zero attached hydrogens (tertiary/aromatic N) is 1. The molecule has 0 aromatic heterocycles. The van der Waals surface area contributed by atoms with E-state index in [0.717, 1.165) is 24.2 Å². The van der Waals surface area contributed by atoms with Crippen molar-refractivity contribution in [2.24, 2.45) is 0 Å². The first-order chi connectivity index (χ1) is 14.0. The molecule has 2 aromatic rings. The normalized spacial score (nSPS) is 14.1. The van der Waals surface area contributed by atoms with Crippen molar-refractivity contribution >= 4 is 15.9 Å². The van der Waals surface area contributed by atoms with Gasteiger partial charge in [-0.1, -0.05) is 30.0 Å². The van der Waals surface area contributed by atoms with E-state index in [2.05, 4.69) is 17.2 Å². The Morgan fingerprint density at radius 1 is 1.07 bits per heavy atom. The lowest BCUT2D eigenvalue weighted by Crippen LogP contribution is -2.28. The lowest BCUT2D eigenvalue weighted by Gasteiger charge is -2.15. The van der Waals surface area contributed by atoms with Crippen molar-refractivity contribution in [2.45, 2.75) is 24.7 Å². The molecule has 1 fully saturated rings. The Kier molecular flexibility index (Phi) is 6.91. The van der Waals surface area contributed by atoms with Gasteiger partial charge in [0.15, 0.2) is 0 Å². The summed E-state index contributed by atoms with van der Waals surface area (Å²) in [4.78, 5) is 12.4. The molecule has 1 saturated heterocycles. The predicted molar refractivity (Wildman–Crippen MR) is 111 cm³/mol. The largest absolute Gasteiger partial charge is 0.481 e. The molecule has 0 spiro atoms. The van der Waals surface area contributed by atoms with Gasteiger partial charge in [-0.2, -0.15) is 4.31 Å². The molecule has 1 aliphatic rings. The van der Waals surface area contributed by atoms with Crippen LogP contribution in [-0.2, 0) is 10.0 Å². The minimum atomic E-state index is -3.47. The van der Waals surface area contributed by atoms with E-state index in [1.807, 2.05) is 31.2 Å². The molecule has 2 aromatic carbocycles. The highest BCUT2D eigenvalue weighted by Gasteiger charge is 2.27. The van der Waals surface area contributed by atoms with E-state index in [1.54, 1.807) is 0 Å². The summed E-state index contributed by atoms with van der Waals surface area (Å²) in [7, 11) is -3.47. The molecular formula is C22H24N2O4S. The zero-order valence-corrected chi connectivity index (χ0v) is 17.2. The van der Waals surface area contributed by atoms with Crippen LogP contribution in [0.1, 0.15) is 28.8 Å². The Bertz CT molecular complexity index is 1010. The van der Waals surface area contributed by atoms with Crippen LogP contribution in [0.4, 0.5) is 0 Å². The van der Waals surface area contributed by atoms with Crippen LogP contribution < -0.4 is 10.1 Å². The molecular weight excluding hydrogens is 388 g/mol. The number of carbonyl (C=O) groups is 1. The Balaban J connectivity index is 1.48. The number of rotatable bonds is 6. The van der Waals surface area contributed by atoms with Gasteiger partial charge in [0.25, 0.3) is 5.91 Å². The number of hydrogen-bond donors (Lipinski definition) is 1. The van der Waals surface area contributed by atoms with Crippen LogP contribution in [-0.4, -0.2) is 44.9 Å². The first-order valence-electron chi connectivity index (χ1n) is 9.51. The molecule has 152 valence electrons. The van der Waals surface area contributed by atoms with Gasteiger partial charge in [0, 0.05) is 18.7 Å². The molecule has 0 atom stereocenters. The molecule has 0 radical (unpaired) electrons. The highest BCUT2D eigenvalue weighted by atomic mass is 32.2. The van der Waals surface area contributed by atoms with Crippen LogP contribution in [0.5, 0.6) is 5.75 Å². The molecule has 1 aliphatic heterocycles. The van der Waals surface area contributed by atoms with E-state index in [4.69, 9.17) is 4.74 Å². The van der Waals surface area contributed by atoms with Crippen LogP contribution in [0.3, 0.4) is 0 Å². The molecule has 0 unspecified atom stereocenters. The van der Waals surface area contributed by atoms with E-state index in [0.29, 0.717) is 18.7 Å². The van der Waals surface area contributed by atoms with Gasteiger partial charge in [-0.25, -0.2) is 8.42 Å². The van der Waals surface area contributed by atoms with Crippen LogP contribution in [0.25, 0.3) is 0 Å². The van der Waals surface area contributed by atoms with E-state index in [9.17, 15) is 13.2 Å². The predicted octanol–water partition coefficient (Wildman–Crippen LogP) is 2.59. The standard InChI is InChI=1S/C22H24N2O4S/c1-18-8-2-3-9-21(18)28-17-7-4-14-23-22(25)19-10-12-20(13-11-19)29(26,27)24-15-5-6-16-24/h2-3,8-13H,5-6,14-17H2,1H3,(H,23,25). The number of benzene rings is 2. The molecule has 6 nitrogen and oxygen atoms in total. The van der Waals surface area contributed by atoms with Crippen molar-refractivity contribution in [3.63, 3.8) is 0 Å². The maximum Gasteiger partial charge on any atom is 0.252 e. The van der Waals surface area contributed by atoms with Gasteiger partial charge in [0.2, 0.25) is 10.0 Å². The average molecular weight is 413 g/mol. The molecule has 0 aliphatic carbocycles. The van der Waals surface area contributed by atoms with Crippen LogP contribution >= 0.6 is 0 Å². The number of hydrogen-bond acceptors (Lipinski definition) is 4. The van der Waals surface area contributed by atoms with Crippen molar-refractivity contribution in [2.75, 3.05) is 26.2 Å². The number of carbonyl (C=O) groups excluding carboxylic acids is 1. The smallest absolute Gasteiger partial charge is 0.252 e. The number of sulfonamides is 1. The van der Waals surface area contributed by atoms with E-state index < -0.39 is 10.0 Å². The second-order valence-electron chi connectivity index (χ2n) is 6.73. The second kappa shape index (κ2) is 9.59. The van der Waals surface area contributed by atoms with Crippen LogP contribution in [0.2, 0.25) is 0 Å². The maximum atomic E-state index is 12.5. The number of aryl methyl sites for hydroxylation is 1. The van der Waals surface area contributed by atoms with Gasteiger partial charge in [-0.3, -0.25) is 4.79 Å². The van der Waals surface area contributed by atoms with Crippen LogP contribution in [0, 0.1) is 18.8 Å². The monoisotopic (exact) mass is 412 g/mol. The quantitative estimate of drug-likeness (QED) is 0.740. The van der Waals surface area contributed by atoms with Gasteiger partial charge in [-0.05, 0) is 55.7 Å². The second-order valence-corrected chi connectivity index (χ2v) is 8.66. The molecule has 29 heavy (non-hydrogen) atoms. The summed E-state index contributed by atoms with van der Waals surface area (Å²) in [6.07, 6.45) is 1.77. The molecule has 1 heterocycles. The Labute approximate surface area is 171 Å². The Hall–Kier alpha value is -2.82.